The molecule has 6 nitrogen and oxygen atoms in total. The van der Waals surface area contributed by atoms with Gasteiger partial charge in [0.2, 0.25) is 5.91 Å². The van der Waals surface area contributed by atoms with Crippen molar-refractivity contribution in [2.75, 3.05) is 26.7 Å². The fourth-order valence-corrected chi connectivity index (χ4v) is 1.82. The van der Waals surface area contributed by atoms with Gasteiger partial charge < -0.3 is 20.7 Å². The van der Waals surface area contributed by atoms with E-state index in [9.17, 15) is 4.79 Å². The SMILES string of the molecule is CN=C(NCCOc1ccc(C)cc1)NCC(=O)NC(C)(C)C.I. The van der Waals surface area contributed by atoms with Crippen molar-refractivity contribution in [3.63, 3.8) is 0 Å². The van der Waals surface area contributed by atoms with E-state index in [4.69, 9.17) is 4.74 Å². The Labute approximate surface area is 161 Å². The van der Waals surface area contributed by atoms with E-state index in [-0.39, 0.29) is 42.0 Å². The molecule has 0 spiro atoms. The van der Waals surface area contributed by atoms with Gasteiger partial charge in [-0.2, -0.15) is 0 Å². The average Bonchev–Trinajstić information content (AvgIpc) is 2.46. The minimum Gasteiger partial charge on any atom is -0.492 e. The third-order valence-electron chi connectivity index (χ3n) is 2.84. The zero-order chi connectivity index (χ0) is 17.3. The number of hydrogen-bond acceptors (Lipinski definition) is 3. The Morgan fingerprint density at radius 1 is 1.17 bits per heavy atom. The third kappa shape index (κ3) is 10.3. The van der Waals surface area contributed by atoms with Gasteiger partial charge in [-0.15, -0.1) is 24.0 Å². The summed E-state index contributed by atoms with van der Waals surface area (Å²) in [6.07, 6.45) is 0. The predicted molar refractivity (Wildman–Crippen MR) is 109 cm³/mol. The monoisotopic (exact) mass is 448 g/mol. The number of carbonyl (C=O) groups is 1. The highest BCUT2D eigenvalue weighted by Crippen LogP contribution is 2.10. The minimum absolute atomic E-state index is 0. The lowest BCUT2D eigenvalue weighted by molar-refractivity contribution is -0.121. The molecular formula is C17H29IN4O2. The van der Waals surface area contributed by atoms with Gasteiger partial charge in [0.25, 0.3) is 0 Å². The zero-order valence-corrected chi connectivity index (χ0v) is 17.4. The molecule has 0 aliphatic rings. The van der Waals surface area contributed by atoms with Crippen LogP contribution in [0, 0.1) is 6.92 Å². The first-order valence-electron chi connectivity index (χ1n) is 7.75. The predicted octanol–water partition coefficient (Wildman–Crippen LogP) is 2.07. The van der Waals surface area contributed by atoms with Crippen molar-refractivity contribution in [1.82, 2.24) is 16.0 Å². The summed E-state index contributed by atoms with van der Waals surface area (Å²) in [5, 5.41) is 8.96. The van der Waals surface area contributed by atoms with Crippen LogP contribution in [0.25, 0.3) is 0 Å². The summed E-state index contributed by atoms with van der Waals surface area (Å²) in [6.45, 7) is 9.15. The molecule has 0 heterocycles. The molecule has 1 rings (SSSR count). The van der Waals surface area contributed by atoms with E-state index >= 15 is 0 Å². The number of ether oxygens (including phenoxy) is 1. The molecule has 136 valence electrons. The van der Waals surface area contributed by atoms with E-state index in [1.54, 1.807) is 7.05 Å². The molecule has 0 bridgehead atoms. The van der Waals surface area contributed by atoms with Crippen molar-refractivity contribution in [1.29, 1.82) is 0 Å². The van der Waals surface area contributed by atoms with E-state index in [0.717, 1.165) is 5.75 Å². The molecule has 1 aromatic rings. The van der Waals surface area contributed by atoms with Crippen LogP contribution in [-0.4, -0.2) is 44.1 Å². The number of amides is 1. The Bertz CT molecular complexity index is 524. The maximum atomic E-state index is 11.7. The second-order valence-electron chi connectivity index (χ2n) is 6.31. The number of rotatable bonds is 6. The van der Waals surface area contributed by atoms with Gasteiger partial charge in [-0.05, 0) is 39.8 Å². The van der Waals surface area contributed by atoms with Crippen LogP contribution < -0.4 is 20.7 Å². The van der Waals surface area contributed by atoms with Gasteiger partial charge in [0.15, 0.2) is 5.96 Å². The summed E-state index contributed by atoms with van der Waals surface area (Å²) >= 11 is 0. The Kier molecular flexibility index (Phi) is 10.4. The summed E-state index contributed by atoms with van der Waals surface area (Å²) in [6, 6.07) is 7.91. The summed E-state index contributed by atoms with van der Waals surface area (Å²) in [5.41, 5.74) is 0.964. The molecule has 3 N–H and O–H groups in total. The molecule has 0 aliphatic heterocycles. The number of halogens is 1. The molecule has 24 heavy (non-hydrogen) atoms. The number of carbonyl (C=O) groups excluding carboxylic acids is 1. The van der Waals surface area contributed by atoms with Gasteiger partial charge in [-0.25, -0.2) is 0 Å². The smallest absolute Gasteiger partial charge is 0.239 e. The van der Waals surface area contributed by atoms with Crippen molar-refractivity contribution >= 4 is 35.8 Å². The lowest BCUT2D eigenvalue weighted by Crippen LogP contribution is -2.48. The molecule has 7 heteroatoms. The normalized spacial score (nSPS) is 11.3. The Balaban J connectivity index is 0.00000529. The minimum atomic E-state index is -0.239. The van der Waals surface area contributed by atoms with Crippen molar-refractivity contribution < 1.29 is 9.53 Å². The molecule has 0 aliphatic carbocycles. The standard InChI is InChI=1S/C17H28N4O2.HI/c1-13-6-8-14(9-7-13)23-11-10-19-16(18-5)20-12-15(22)21-17(2,3)4;/h6-9H,10-12H2,1-5H3,(H,21,22)(H2,18,19,20);1H. The molecule has 0 saturated carbocycles. The number of benzene rings is 1. The van der Waals surface area contributed by atoms with Crippen molar-refractivity contribution in [2.45, 2.75) is 33.2 Å². The topological polar surface area (TPSA) is 74.8 Å². The molecule has 0 fully saturated rings. The average molecular weight is 448 g/mol. The molecule has 0 atom stereocenters. The first kappa shape index (κ1) is 22.5. The van der Waals surface area contributed by atoms with Crippen LogP contribution in [-0.2, 0) is 4.79 Å². The Hall–Kier alpha value is -1.51. The second-order valence-corrected chi connectivity index (χ2v) is 6.31. The Morgan fingerprint density at radius 2 is 1.79 bits per heavy atom. The van der Waals surface area contributed by atoms with Crippen molar-refractivity contribution in [2.24, 2.45) is 4.99 Å². The van der Waals surface area contributed by atoms with Crippen molar-refractivity contribution in [3.8, 4) is 5.75 Å². The summed E-state index contributed by atoms with van der Waals surface area (Å²) in [4.78, 5) is 15.8. The molecule has 0 unspecified atom stereocenters. The van der Waals surface area contributed by atoms with Crippen LogP contribution in [0.2, 0.25) is 0 Å². The number of hydrogen-bond donors (Lipinski definition) is 3. The molecule has 0 saturated heterocycles. The molecular weight excluding hydrogens is 419 g/mol. The zero-order valence-electron chi connectivity index (χ0n) is 15.1. The highest BCUT2D eigenvalue weighted by Gasteiger charge is 2.13. The molecule has 1 aromatic carbocycles. The first-order chi connectivity index (χ1) is 10.8. The van der Waals surface area contributed by atoms with Crippen LogP contribution in [0.3, 0.4) is 0 Å². The third-order valence-corrected chi connectivity index (χ3v) is 2.84. The quantitative estimate of drug-likeness (QED) is 0.270. The van der Waals surface area contributed by atoms with E-state index in [1.807, 2.05) is 52.0 Å². The molecule has 1 amide bonds. The second kappa shape index (κ2) is 11.1. The van der Waals surface area contributed by atoms with E-state index in [0.29, 0.717) is 19.1 Å². The van der Waals surface area contributed by atoms with Gasteiger partial charge in [-0.1, -0.05) is 17.7 Å². The summed E-state index contributed by atoms with van der Waals surface area (Å²) in [5.74, 6) is 1.34. The van der Waals surface area contributed by atoms with Crippen LogP contribution in [0.15, 0.2) is 29.3 Å². The number of aliphatic imine (C=N–C) groups is 1. The lowest BCUT2D eigenvalue weighted by Gasteiger charge is -2.21. The summed E-state index contributed by atoms with van der Waals surface area (Å²) < 4.78 is 5.62. The van der Waals surface area contributed by atoms with Gasteiger partial charge in [-0.3, -0.25) is 9.79 Å². The highest BCUT2D eigenvalue weighted by atomic mass is 127. The number of guanidine groups is 1. The van der Waals surface area contributed by atoms with E-state index in [2.05, 4.69) is 20.9 Å². The van der Waals surface area contributed by atoms with Crippen LogP contribution >= 0.6 is 24.0 Å². The summed E-state index contributed by atoms with van der Waals surface area (Å²) in [7, 11) is 1.66. The Morgan fingerprint density at radius 3 is 2.33 bits per heavy atom. The van der Waals surface area contributed by atoms with Crippen LogP contribution in [0.5, 0.6) is 5.75 Å². The molecule has 0 aromatic heterocycles. The van der Waals surface area contributed by atoms with E-state index < -0.39 is 0 Å². The highest BCUT2D eigenvalue weighted by molar-refractivity contribution is 14.0. The number of nitrogens with one attached hydrogen (secondary N) is 3. The number of nitrogens with zero attached hydrogens (tertiary/aromatic N) is 1. The number of aryl methyl sites for hydroxylation is 1. The van der Waals surface area contributed by atoms with E-state index in [1.165, 1.54) is 5.56 Å². The van der Waals surface area contributed by atoms with Crippen LogP contribution in [0.4, 0.5) is 0 Å². The lowest BCUT2D eigenvalue weighted by atomic mass is 10.1. The maximum Gasteiger partial charge on any atom is 0.239 e. The van der Waals surface area contributed by atoms with Crippen molar-refractivity contribution in [3.05, 3.63) is 29.8 Å². The van der Waals surface area contributed by atoms with Gasteiger partial charge in [0.05, 0.1) is 13.1 Å². The van der Waals surface area contributed by atoms with Gasteiger partial charge in [0.1, 0.15) is 12.4 Å². The van der Waals surface area contributed by atoms with Gasteiger partial charge >= 0.3 is 0 Å². The first-order valence-corrected chi connectivity index (χ1v) is 7.75. The fraction of sp³-hybridized carbons (Fsp3) is 0.529. The largest absolute Gasteiger partial charge is 0.492 e. The molecule has 0 radical (unpaired) electrons. The van der Waals surface area contributed by atoms with Crippen LogP contribution in [0.1, 0.15) is 26.3 Å². The van der Waals surface area contributed by atoms with Gasteiger partial charge in [0, 0.05) is 12.6 Å². The fourth-order valence-electron chi connectivity index (χ4n) is 1.82. The maximum absolute atomic E-state index is 11.7.